The lowest BCUT2D eigenvalue weighted by Crippen LogP contribution is -2.56. The van der Waals surface area contributed by atoms with E-state index in [-0.39, 0.29) is 82.8 Å². The Morgan fingerprint density at radius 2 is 1.29 bits per heavy atom. The van der Waals surface area contributed by atoms with Gasteiger partial charge in [0.1, 0.15) is 70.0 Å². The number of ether oxygens (including phenoxy) is 2. The SMILES string of the molecule is C.C.CN1C(N(COCC[Si](C)(C)C)C(=O)OC(C)(C)C)=N[C@](C)(c2cc(/C=C(\F)c3cc(F)c(Cl)cn3)ccc2F)CS1(=O)=O.CN1C(N)=N[C@](C)(c2cc(/C=C(\F)c3cc(C#N)c(Cl)cn3)ccc2F)CS1(=O)=O. The van der Waals surface area contributed by atoms with Crippen molar-refractivity contribution in [1.29, 1.82) is 5.26 Å². The summed E-state index contributed by atoms with van der Waals surface area (Å²) in [6.45, 7) is 14.2. The first kappa shape index (κ1) is 64.3. The second-order valence-electron chi connectivity index (χ2n) is 19.7. The Kier molecular flexibility index (Phi) is 20.8. The van der Waals surface area contributed by atoms with E-state index in [1.54, 1.807) is 20.8 Å². The van der Waals surface area contributed by atoms with Crippen LogP contribution in [-0.2, 0) is 40.6 Å². The number of carbonyl (C=O) groups excluding carboxylic acids is 1. The molecule has 0 bridgehead atoms. The third kappa shape index (κ3) is 15.8. The van der Waals surface area contributed by atoms with Gasteiger partial charge in [0, 0.05) is 58.4 Å². The molecular weight excluding hydrogens is 1100 g/mol. The lowest BCUT2D eigenvalue weighted by atomic mass is 9.92. The molecule has 1 amide bonds. The van der Waals surface area contributed by atoms with Crippen LogP contribution in [-0.4, -0.2) is 111 Å². The summed E-state index contributed by atoms with van der Waals surface area (Å²) < 4.78 is 138. The van der Waals surface area contributed by atoms with Crippen molar-refractivity contribution in [2.24, 2.45) is 15.7 Å². The molecule has 2 atom stereocenters. The highest BCUT2D eigenvalue weighted by Crippen LogP contribution is 2.37. The van der Waals surface area contributed by atoms with Gasteiger partial charge in [-0.15, -0.1) is 0 Å². The number of hydrogen-bond acceptors (Lipinski definition) is 13. The first-order valence-corrected chi connectivity index (χ1v) is 30.0. The summed E-state index contributed by atoms with van der Waals surface area (Å²) >= 11 is 11.4. The molecule has 2 N–H and O–H groups in total. The molecule has 0 fully saturated rings. The number of halogens is 7. The monoisotopic (exact) mass is 1160 g/mol. The van der Waals surface area contributed by atoms with Crippen LogP contribution in [0.4, 0.5) is 26.7 Å². The van der Waals surface area contributed by atoms with Gasteiger partial charge in [0.15, 0.2) is 0 Å². The summed E-state index contributed by atoms with van der Waals surface area (Å²) in [4.78, 5) is 30.7. The minimum atomic E-state index is -4.16. The molecule has 2 aromatic carbocycles. The first-order chi connectivity index (χ1) is 34.1. The molecule has 16 nitrogen and oxygen atoms in total. The molecule has 4 aromatic rings. The molecule has 2 aliphatic rings. The van der Waals surface area contributed by atoms with Crippen molar-refractivity contribution < 1.29 is 53.1 Å². The molecule has 414 valence electrons. The minimum Gasteiger partial charge on any atom is -0.443 e. The topological polar surface area (TPSA) is 214 Å². The van der Waals surface area contributed by atoms with Gasteiger partial charge in [-0.05, 0) is 94.3 Å². The predicted octanol–water partition coefficient (Wildman–Crippen LogP) is 11.2. The number of guanidine groups is 2. The second-order valence-corrected chi connectivity index (χ2v) is 30.2. The van der Waals surface area contributed by atoms with E-state index < -0.39 is 91.5 Å². The summed E-state index contributed by atoms with van der Waals surface area (Å²) in [6.07, 6.45) is 3.29. The van der Waals surface area contributed by atoms with Gasteiger partial charge >= 0.3 is 6.09 Å². The minimum absolute atomic E-state index is 0. The van der Waals surface area contributed by atoms with E-state index in [2.05, 4.69) is 39.6 Å². The Hall–Kier alpha value is -5.97. The summed E-state index contributed by atoms with van der Waals surface area (Å²) in [5, 5.41) is 8.82. The van der Waals surface area contributed by atoms with Crippen molar-refractivity contribution in [2.45, 2.75) is 91.8 Å². The van der Waals surface area contributed by atoms with Crippen molar-refractivity contribution >= 4 is 93.1 Å². The van der Waals surface area contributed by atoms with E-state index in [0.717, 1.165) is 62.3 Å². The van der Waals surface area contributed by atoms with Gasteiger partial charge in [-0.3, -0.25) is 9.97 Å². The zero-order valence-electron chi connectivity index (χ0n) is 41.9. The maximum atomic E-state index is 15.4. The van der Waals surface area contributed by atoms with E-state index in [1.165, 1.54) is 58.3 Å². The summed E-state index contributed by atoms with van der Waals surface area (Å²) in [5.41, 5.74) is 1.26. The average molecular weight is 1160 g/mol. The summed E-state index contributed by atoms with van der Waals surface area (Å²) in [6, 6.07) is 11.9. The summed E-state index contributed by atoms with van der Waals surface area (Å²) in [7, 11) is -6.96. The number of pyridine rings is 2. The van der Waals surface area contributed by atoms with E-state index in [4.69, 9.17) is 43.7 Å². The third-order valence-corrected chi connectivity index (χ3v) is 17.3. The highest BCUT2D eigenvalue weighted by atomic mass is 35.5. The van der Waals surface area contributed by atoms with Gasteiger partial charge in [0.05, 0.1) is 27.1 Å². The van der Waals surface area contributed by atoms with Gasteiger partial charge < -0.3 is 15.2 Å². The number of nitrogens with two attached hydrogens (primary N) is 1. The van der Waals surface area contributed by atoms with Crippen LogP contribution in [0.15, 0.2) is 70.9 Å². The fourth-order valence-electron chi connectivity index (χ4n) is 7.13. The number of aromatic nitrogens is 2. The van der Waals surface area contributed by atoms with Crippen molar-refractivity contribution in [1.82, 2.24) is 23.5 Å². The number of aliphatic imine (C=N–C) groups is 2. The van der Waals surface area contributed by atoms with Crippen molar-refractivity contribution in [3.63, 3.8) is 0 Å². The van der Waals surface area contributed by atoms with E-state index >= 15 is 4.39 Å². The number of hydrogen-bond donors (Lipinski definition) is 1. The molecule has 0 spiro atoms. The van der Waals surface area contributed by atoms with Gasteiger partial charge in [0.25, 0.3) is 0 Å². The lowest BCUT2D eigenvalue weighted by molar-refractivity contribution is 0.00804. The Balaban J connectivity index is 0.000000416. The van der Waals surface area contributed by atoms with Crippen LogP contribution in [0.3, 0.4) is 0 Å². The lowest BCUT2D eigenvalue weighted by Gasteiger charge is -2.39. The standard InChI is InChI=1S/C29H38ClF3N4O5SSi.C19H16ClF2N5O2S.2CH4/c1-28(2,3)42-27(38)37(18-41-11-12-44(6,7)8)26-35-29(4,17-43(39,40)36(26)5)20-13-19(9-10-22(20)31)14-24(33)25-15-23(32)21(30)16-34-25;1-19(10-30(28,29)27(2)18(24)26-19)13-5-11(3-4-15(13)21)6-16(22)17-7-12(8-23)14(20)9-25-17;;/h9-10,13-16H,11-12,17-18H2,1-8H3;3-7,9H,10H2,1-2H3,(H2,24,26);2*1H4/b24-14-;16-6-;;/t29-;19-;;/m00../s1. The molecule has 0 saturated heterocycles. The molecule has 0 unspecified atom stereocenters. The Bertz CT molecular complexity index is 3240. The smallest absolute Gasteiger partial charge is 0.419 e. The normalized spacial score (nSPS) is 19.4. The van der Waals surface area contributed by atoms with Gasteiger partial charge in [0.2, 0.25) is 32.0 Å². The number of nitriles is 1. The van der Waals surface area contributed by atoms with Crippen LogP contribution in [0.25, 0.3) is 23.8 Å². The predicted molar refractivity (Wildman–Crippen MR) is 291 cm³/mol. The zero-order valence-corrected chi connectivity index (χ0v) is 46.1. The van der Waals surface area contributed by atoms with Crippen LogP contribution in [0, 0.1) is 28.8 Å². The van der Waals surface area contributed by atoms with Gasteiger partial charge in [-0.2, -0.15) is 5.26 Å². The van der Waals surface area contributed by atoms with Gasteiger partial charge in [-0.1, -0.05) is 69.8 Å². The molecule has 26 heteroatoms. The van der Waals surface area contributed by atoms with Crippen molar-refractivity contribution in [2.75, 3.05) is 38.9 Å². The Labute approximate surface area is 452 Å². The molecule has 6 rings (SSSR count). The van der Waals surface area contributed by atoms with E-state index in [9.17, 15) is 39.2 Å². The quantitative estimate of drug-likeness (QED) is 0.0645. The highest BCUT2D eigenvalue weighted by Gasteiger charge is 2.46. The number of benzene rings is 2. The van der Waals surface area contributed by atoms with Crippen LogP contribution < -0.4 is 5.73 Å². The molecular formula is C50H62Cl2F5N9O7S2Si. The Morgan fingerprint density at radius 3 is 1.75 bits per heavy atom. The van der Waals surface area contributed by atoms with E-state index in [0.29, 0.717) is 6.61 Å². The van der Waals surface area contributed by atoms with Crippen molar-refractivity contribution in [3.8, 4) is 6.07 Å². The second kappa shape index (κ2) is 24.6. The average Bonchev–Trinajstić information content (AvgIpc) is 3.28. The molecule has 0 saturated carbocycles. The molecule has 4 heterocycles. The maximum Gasteiger partial charge on any atom is 0.419 e. The molecule has 2 aliphatic heterocycles. The first-order valence-electron chi connectivity index (χ1n) is 22.3. The number of amides is 1. The maximum absolute atomic E-state index is 15.4. The molecule has 2 aromatic heterocycles. The van der Waals surface area contributed by atoms with Crippen LogP contribution in [0.5, 0.6) is 0 Å². The van der Waals surface area contributed by atoms with E-state index in [1.807, 2.05) is 6.07 Å². The number of sulfonamides is 2. The highest BCUT2D eigenvalue weighted by molar-refractivity contribution is 7.90. The van der Waals surface area contributed by atoms with Crippen molar-refractivity contribution in [3.05, 3.63) is 128 Å². The summed E-state index contributed by atoms with van der Waals surface area (Å²) in [5.74, 6) is -5.87. The number of carbonyl (C=O) groups is 1. The Morgan fingerprint density at radius 1 is 0.816 bits per heavy atom. The molecule has 0 aliphatic carbocycles. The largest absolute Gasteiger partial charge is 0.443 e. The van der Waals surface area contributed by atoms with Crippen LogP contribution in [0.2, 0.25) is 35.7 Å². The third-order valence-electron chi connectivity index (χ3n) is 11.1. The van der Waals surface area contributed by atoms with Crippen LogP contribution >= 0.6 is 23.2 Å². The van der Waals surface area contributed by atoms with Gasteiger partial charge in [-0.25, -0.2) is 67.1 Å². The fraction of sp³-hybridized carbons (Fsp3) is 0.400. The number of nitrogens with zero attached hydrogens (tertiary/aromatic N) is 8. The number of rotatable bonds is 11. The molecule has 76 heavy (non-hydrogen) atoms. The zero-order chi connectivity index (χ0) is 55.5. The fourth-order valence-corrected chi connectivity index (χ4v) is 11.1. The molecule has 0 radical (unpaired) electrons. The van der Waals surface area contributed by atoms with Crippen LogP contribution in [0.1, 0.15) is 88.7 Å².